The first-order valence-corrected chi connectivity index (χ1v) is 7.07. The zero-order valence-electron chi connectivity index (χ0n) is 7.71. The molecule has 0 unspecified atom stereocenters. The molecular weight excluding hydrogens is 300 g/mol. The fraction of sp³-hybridized carbons (Fsp3) is 0.125. The lowest BCUT2D eigenvalue weighted by Crippen LogP contribution is -2.11. The summed E-state index contributed by atoms with van der Waals surface area (Å²) in [5, 5.41) is 3.79. The molecular formula is C8H7BrN2O2S2. The lowest BCUT2D eigenvalue weighted by atomic mass is 10.4. The quantitative estimate of drug-likeness (QED) is 0.855. The molecule has 15 heavy (non-hydrogen) atoms. The van der Waals surface area contributed by atoms with Gasteiger partial charge in [0.25, 0.3) is 10.0 Å². The normalized spacial score (nSPS) is 11.9. The highest BCUT2D eigenvalue weighted by molar-refractivity contribution is 9.11. The summed E-state index contributed by atoms with van der Waals surface area (Å²) >= 11 is 4.39. The summed E-state index contributed by atoms with van der Waals surface area (Å²) in [5.74, 6) is 0. The number of thiophene rings is 1. The first-order chi connectivity index (χ1) is 7.00. The maximum Gasteiger partial charge on any atom is 0.292 e. The van der Waals surface area contributed by atoms with Crippen LogP contribution in [-0.2, 0) is 10.0 Å². The monoisotopic (exact) mass is 306 g/mol. The summed E-state index contributed by atoms with van der Waals surface area (Å²) in [7, 11) is -3.50. The Bertz CT molecular complexity index is 539. The smallest absolute Gasteiger partial charge is 0.198 e. The average Bonchev–Trinajstić information content (AvgIpc) is 2.74. The van der Waals surface area contributed by atoms with Crippen LogP contribution in [0.2, 0.25) is 0 Å². The van der Waals surface area contributed by atoms with Crippen LogP contribution < -0.4 is 0 Å². The Kier molecular flexibility index (Phi) is 2.70. The van der Waals surface area contributed by atoms with Gasteiger partial charge in [-0.05, 0) is 40.5 Å². The summed E-state index contributed by atoms with van der Waals surface area (Å²) in [6.45, 7) is 1.79. The third kappa shape index (κ3) is 1.99. The summed E-state index contributed by atoms with van der Waals surface area (Å²) in [4.78, 5) is 0. The van der Waals surface area contributed by atoms with Gasteiger partial charge in [0.15, 0.2) is 0 Å². The molecule has 0 radical (unpaired) electrons. The van der Waals surface area contributed by atoms with E-state index < -0.39 is 10.0 Å². The molecule has 7 heteroatoms. The molecule has 4 nitrogen and oxygen atoms in total. The minimum Gasteiger partial charge on any atom is -0.198 e. The highest BCUT2D eigenvalue weighted by atomic mass is 79.9. The highest BCUT2D eigenvalue weighted by Gasteiger charge is 2.19. The van der Waals surface area contributed by atoms with Crippen molar-refractivity contribution in [1.29, 1.82) is 0 Å². The maximum atomic E-state index is 12.0. The van der Waals surface area contributed by atoms with Gasteiger partial charge in [-0.1, -0.05) is 0 Å². The summed E-state index contributed by atoms with van der Waals surface area (Å²) in [5.41, 5.74) is 0.814. The predicted molar refractivity (Wildman–Crippen MR) is 61.6 cm³/mol. The van der Waals surface area contributed by atoms with Crippen molar-refractivity contribution in [3.63, 3.8) is 0 Å². The maximum absolute atomic E-state index is 12.0. The van der Waals surface area contributed by atoms with E-state index >= 15 is 0 Å². The number of rotatable bonds is 2. The second-order valence-electron chi connectivity index (χ2n) is 2.95. The third-order valence-corrected chi connectivity index (χ3v) is 5.38. The van der Waals surface area contributed by atoms with E-state index in [4.69, 9.17) is 0 Å². The SMILES string of the molecule is Cc1cnn(S(=O)(=O)c2ccc(Br)s2)c1. The van der Waals surface area contributed by atoms with Crippen LogP contribution in [0.4, 0.5) is 0 Å². The summed E-state index contributed by atoms with van der Waals surface area (Å²) < 4.78 is 25.9. The molecule has 80 valence electrons. The predicted octanol–water partition coefficient (Wildman–Crippen LogP) is 2.25. The molecule has 0 fully saturated rings. The van der Waals surface area contributed by atoms with Crippen molar-refractivity contribution < 1.29 is 8.42 Å². The fourth-order valence-electron chi connectivity index (χ4n) is 1.05. The average molecular weight is 307 g/mol. The van der Waals surface area contributed by atoms with Crippen molar-refractivity contribution >= 4 is 37.3 Å². The van der Waals surface area contributed by atoms with Crippen molar-refractivity contribution in [3.05, 3.63) is 33.9 Å². The number of hydrogen-bond donors (Lipinski definition) is 0. The van der Waals surface area contributed by atoms with E-state index in [-0.39, 0.29) is 4.21 Å². The van der Waals surface area contributed by atoms with Crippen LogP contribution in [0.5, 0.6) is 0 Å². The molecule has 0 spiro atoms. The minimum atomic E-state index is -3.50. The fourth-order valence-corrected chi connectivity index (χ4v) is 4.31. The van der Waals surface area contributed by atoms with Crippen LogP contribution in [0.3, 0.4) is 0 Å². The van der Waals surface area contributed by atoms with Gasteiger partial charge < -0.3 is 0 Å². The molecule has 0 aromatic carbocycles. The molecule has 2 heterocycles. The molecule has 0 amide bonds. The van der Waals surface area contributed by atoms with Crippen LogP contribution >= 0.6 is 27.3 Å². The molecule has 0 saturated carbocycles. The van der Waals surface area contributed by atoms with Gasteiger partial charge in [-0.3, -0.25) is 0 Å². The zero-order valence-corrected chi connectivity index (χ0v) is 10.9. The standard InChI is InChI=1S/C8H7BrN2O2S2/c1-6-4-10-11(5-6)15(12,13)8-3-2-7(9)14-8/h2-5H,1H3. The molecule has 2 aromatic heterocycles. The Morgan fingerprint density at radius 3 is 2.67 bits per heavy atom. The van der Waals surface area contributed by atoms with E-state index in [9.17, 15) is 8.42 Å². The van der Waals surface area contributed by atoms with Crippen LogP contribution in [0.1, 0.15) is 5.56 Å². The molecule has 2 rings (SSSR count). The van der Waals surface area contributed by atoms with Gasteiger partial charge in [-0.25, -0.2) is 0 Å². The summed E-state index contributed by atoms with van der Waals surface area (Å²) in [6, 6.07) is 3.26. The Hall–Kier alpha value is -0.660. The number of aromatic nitrogens is 2. The second-order valence-corrected chi connectivity index (χ2v) is 7.44. The second kappa shape index (κ2) is 3.73. The Labute approximate surface area is 99.7 Å². The van der Waals surface area contributed by atoms with E-state index in [1.54, 1.807) is 19.1 Å². The van der Waals surface area contributed by atoms with Gasteiger partial charge in [0.05, 0.1) is 9.98 Å². The van der Waals surface area contributed by atoms with Crippen molar-refractivity contribution in [1.82, 2.24) is 9.19 Å². The molecule has 2 aromatic rings. The van der Waals surface area contributed by atoms with Gasteiger partial charge in [-0.15, -0.1) is 11.3 Å². The molecule has 0 aliphatic rings. The third-order valence-electron chi connectivity index (χ3n) is 1.74. The topological polar surface area (TPSA) is 52.0 Å². The minimum absolute atomic E-state index is 0.275. The van der Waals surface area contributed by atoms with E-state index in [0.29, 0.717) is 0 Å². The number of aryl methyl sites for hydroxylation is 1. The van der Waals surface area contributed by atoms with E-state index in [1.807, 2.05) is 0 Å². The van der Waals surface area contributed by atoms with Crippen molar-refractivity contribution in [2.45, 2.75) is 11.1 Å². The Balaban J connectivity index is 2.53. The van der Waals surface area contributed by atoms with E-state index in [2.05, 4.69) is 21.0 Å². The molecule has 0 saturated heterocycles. The largest absolute Gasteiger partial charge is 0.292 e. The zero-order chi connectivity index (χ0) is 11.1. The first-order valence-electron chi connectivity index (χ1n) is 4.02. The van der Waals surface area contributed by atoms with Crippen LogP contribution in [0.15, 0.2) is 32.5 Å². The molecule has 0 aliphatic heterocycles. The molecule has 0 N–H and O–H groups in total. The lowest BCUT2D eigenvalue weighted by Gasteiger charge is -1.99. The van der Waals surface area contributed by atoms with Crippen molar-refractivity contribution in [3.8, 4) is 0 Å². The van der Waals surface area contributed by atoms with Crippen molar-refractivity contribution in [2.75, 3.05) is 0 Å². The van der Waals surface area contributed by atoms with Crippen molar-refractivity contribution in [2.24, 2.45) is 0 Å². The van der Waals surface area contributed by atoms with Gasteiger partial charge in [0.2, 0.25) is 0 Å². The number of hydrogen-bond acceptors (Lipinski definition) is 4. The Morgan fingerprint density at radius 1 is 1.47 bits per heavy atom. The number of nitrogens with zero attached hydrogens (tertiary/aromatic N) is 2. The van der Waals surface area contributed by atoms with Crippen LogP contribution in [0, 0.1) is 6.92 Å². The van der Waals surface area contributed by atoms with Gasteiger partial charge in [0.1, 0.15) is 4.21 Å². The van der Waals surface area contributed by atoms with Gasteiger partial charge >= 0.3 is 0 Å². The van der Waals surface area contributed by atoms with Gasteiger partial charge in [0, 0.05) is 6.20 Å². The lowest BCUT2D eigenvalue weighted by molar-refractivity contribution is 0.582. The van der Waals surface area contributed by atoms with E-state index in [0.717, 1.165) is 13.4 Å². The summed E-state index contributed by atoms with van der Waals surface area (Å²) in [6.07, 6.45) is 3.00. The highest BCUT2D eigenvalue weighted by Crippen LogP contribution is 2.27. The Morgan fingerprint density at radius 2 is 2.20 bits per heavy atom. The molecule has 0 bridgehead atoms. The van der Waals surface area contributed by atoms with Crippen LogP contribution in [0.25, 0.3) is 0 Å². The van der Waals surface area contributed by atoms with Crippen LogP contribution in [-0.4, -0.2) is 17.6 Å². The molecule has 0 aliphatic carbocycles. The number of halogens is 1. The molecule has 0 atom stereocenters. The van der Waals surface area contributed by atoms with E-state index in [1.165, 1.54) is 23.7 Å². The van der Waals surface area contributed by atoms with Gasteiger partial charge in [-0.2, -0.15) is 17.6 Å². The first kappa shape index (κ1) is 10.8.